The molecule has 5 nitrogen and oxygen atoms in total. The molecular formula is C20H25FN2O3S. The monoisotopic (exact) mass is 392 g/mol. The van der Waals surface area contributed by atoms with Crippen LogP contribution in [0.1, 0.15) is 36.5 Å². The Morgan fingerprint density at radius 2 is 1.78 bits per heavy atom. The van der Waals surface area contributed by atoms with E-state index >= 15 is 0 Å². The number of nitrogens with one attached hydrogen (secondary N) is 1. The molecule has 1 amide bonds. The number of para-hydroxylation sites is 1. The fraction of sp³-hybridized carbons (Fsp3) is 0.350. The SMILES string of the molecule is Cc1cccc(C(C)C)c1NC(=O)CN(Cc1ccc(F)cc1)S(C)(=O)=O. The minimum Gasteiger partial charge on any atom is -0.324 e. The summed E-state index contributed by atoms with van der Waals surface area (Å²) in [7, 11) is -3.62. The molecule has 0 aliphatic heterocycles. The third-order valence-electron chi connectivity index (χ3n) is 4.25. The molecule has 0 aliphatic carbocycles. The predicted octanol–water partition coefficient (Wildman–Crippen LogP) is 3.66. The highest BCUT2D eigenvalue weighted by Crippen LogP contribution is 2.27. The molecule has 0 radical (unpaired) electrons. The number of amides is 1. The highest BCUT2D eigenvalue weighted by atomic mass is 32.2. The predicted molar refractivity (Wildman–Crippen MR) is 106 cm³/mol. The molecule has 0 aromatic heterocycles. The summed E-state index contributed by atoms with van der Waals surface area (Å²) in [6.07, 6.45) is 1.05. The first kappa shape index (κ1) is 21.1. The van der Waals surface area contributed by atoms with Crippen molar-refractivity contribution in [1.29, 1.82) is 0 Å². The summed E-state index contributed by atoms with van der Waals surface area (Å²) in [6, 6.07) is 11.3. The lowest BCUT2D eigenvalue weighted by Crippen LogP contribution is -2.37. The van der Waals surface area contributed by atoms with Gasteiger partial charge >= 0.3 is 0 Å². The number of aryl methyl sites for hydroxylation is 1. The minimum atomic E-state index is -3.62. The van der Waals surface area contributed by atoms with Crippen molar-refractivity contribution in [3.8, 4) is 0 Å². The van der Waals surface area contributed by atoms with Crippen molar-refractivity contribution in [1.82, 2.24) is 4.31 Å². The highest BCUT2D eigenvalue weighted by molar-refractivity contribution is 7.88. The Labute approximate surface area is 160 Å². The first-order valence-corrected chi connectivity index (χ1v) is 10.5. The highest BCUT2D eigenvalue weighted by Gasteiger charge is 2.22. The van der Waals surface area contributed by atoms with Crippen LogP contribution in [0.25, 0.3) is 0 Å². The maximum absolute atomic E-state index is 13.1. The van der Waals surface area contributed by atoms with Crippen LogP contribution in [-0.2, 0) is 21.4 Å². The third kappa shape index (κ3) is 5.87. The van der Waals surface area contributed by atoms with Crippen molar-refractivity contribution in [3.63, 3.8) is 0 Å². The summed E-state index contributed by atoms with van der Waals surface area (Å²) in [6.45, 7) is 5.64. The van der Waals surface area contributed by atoms with Crippen molar-refractivity contribution >= 4 is 21.6 Å². The second-order valence-electron chi connectivity index (χ2n) is 6.90. The van der Waals surface area contributed by atoms with Gasteiger partial charge < -0.3 is 5.32 Å². The number of benzene rings is 2. The van der Waals surface area contributed by atoms with E-state index in [1.54, 1.807) is 0 Å². The molecular weight excluding hydrogens is 367 g/mol. The van der Waals surface area contributed by atoms with Crippen LogP contribution in [0.5, 0.6) is 0 Å². The molecule has 1 N–H and O–H groups in total. The smallest absolute Gasteiger partial charge is 0.239 e. The van der Waals surface area contributed by atoms with Gasteiger partial charge in [-0.1, -0.05) is 44.2 Å². The Bertz CT molecular complexity index is 909. The molecule has 0 heterocycles. The number of hydrogen-bond donors (Lipinski definition) is 1. The lowest BCUT2D eigenvalue weighted by Gasteiger charge is -2.21. The van der Waals surface area contributed by atoms with E-state index < -0.39 is 21.7 Å². The summed E-state index contributed by atoms with van der Waals surface area (Å²) in [5, 5.41) is 2.85. The van der Waals surface area contributed by atoms with Crippen LogP contribution in [0, 0.1) is 12.7 Å². The van der Waals surface area contributed by atoms with Crippen LogP contribution < -0.4 is 5.32 Å². The second kappa shape index (κ2) is 8.63. The Morgan fingerprint density at radius 3 is 2.33 bits per heavy atom. The van der Waals surface area contributed by atoms with E-state index in [1.807, 2.05) is 39.0 Å². The maximum Gasteiger partial charge on any atom is 0.239 e. The number of carbonyl (C=O) groups excluding carboxylic acids is 1. The number of carbonyl (C=O) groups is 1. The maximum atomic E-state index is 13.1. The van der Waals surface area contributed by atoms with Crippen molar-refractivity contribution in [2.45, 2.75) is 33.2 Å². The molecule has 0 bridgehead atoms. The van der Waals surface area contributed by atoms with Gasteiger partial charge in [-0.05, 0) is 41.7 Å². The van der Waals surface area contributed by atoms with Crippen LogP contribution in [0.3, 0.4) is 0 Å². The Morgan fingerprint density at radius 1 is 1.15 bits per heavy atom. The standard InChI is InChI=1S/C20H25FN2O3S/c1-14(2)18-7-5-6-15(3)20(18)22-19(24)13-23(27(4,25)26)12-16-8-10-17(21)11-9-16/h5-11,14H,12-13H2,1-4H3,(H,22,24). The molecule has 0 saturated heterocycles. The van der Waals surface area contributed by atoms with Gasteiger partial charge in [0.05, 0.1) is 12.8 Å². The van der Waals surface area contributed by atoms with Crippen molar-refractivity contribution in [2.75, 3.05) is 18.1 Å². The van der Waals surface area contributed by atoms with Gasteiger partial charge in [0.1, 0.15) is 5.82 Å². The largest absolute Gasteiger partial charge is 0.324 e. The molecule has 0 unspecified atom stereocenters. The van der Waals surface area contributed by atoms with E-state index in [0.29, 0.717) is 11.3 Å². The van der Waals surface area contributed by atoms with Crippen LogP contribution in [0.2, 0.25) is 0 Å². The Kier molecular flexibility index (Phi) is 6.73. The van der Waals surface area contributed by atoms with Gasteiger partial charge in [0.25, 0.3) is 0 Å². The van der Waals surface area contributed by atoms with Gasteiger partial charge in [-0.15, -0.1) is 0 Å². The third-order valence-corrected chi connectivity index (χ3v) is 5.45. The zero-order chi connectivity index (χ0) is 20.2. The van der Waals surface area contributed by atoms with Gasteiger partial charge in [-0.2, -0.15) is 4.31 Å². The summed E-state index contributed by atoms with van der Waals surface area (Å²) in [5.74, 6) is -0.604. The average Bonchev–Trinajstić information content (AvgIpc) is 2.57. The van der Waals surface area contributed by atoms with Gasteiger partial charge in [-0.25, -0.2) is 12.8 Å². The van der Waals surface area contributed by atoms with Crippen LogP contribution in [0.4, 0.5) is 10.1 Å². The van der Waals surface area contributed by atoms with Crippen LogP contribution in [-0.4, -0.2) is 31.4 Å². The quantitative estimate of drug-likeness (QED) is 0.782. The summed E-state index contributed by atoms with van der Waals surface area (Å²) in [5.41, 5.74) is 3.23. The van der Waals surface area contributed by atoms with E-state index in [4.69, 9.17) is 0 Å². The summed E-state index contributed by atoms with van der Waals surface area (Å²) >= 11 is 0. The first-order chi connectivity index (χ1) is 12.6. The van der Waals surface area contributed by atoms with E-state index in [-0.39, 0.29) is 19.0 Å². The van der Waals surface area contributed by atoms with Crippen LogP contribution >= 0.6 is 0 Å². The van der Waals surface area contributed by atoms with Gasteiger partial charge in [0.15, 0.2) is 0 Å². The number of hydrogen-bond acceptors (Lipinski definition) is 3. The molecule has 2 aromatic carbocycles. The summed E-state index contributed by atoms with van der Waals surface area (Å²) in [4.78, 5) is 12.6. The number of halogens is 1. The van der Waals surface area contributed by atoms with E-state index in [2.05, 4.69) is 5.32 Å². The lowest BCUT2D eigenvalue weighted by molar-refractivity contribution is -0.116. The molecule has 27 heavy (non-hydrogen) atoms. The Hall–Kier alpha value is -2.25. The van der Waals surface area contributed by atoms with Crippen LogP contribution in [0.15, 0.2) is 42.5 Å². The van der Waals surface area contributed by atoms with Gasteiger partial charge in [0, 0.05) is 12.2 Å². The fourth-order valence-electron chi connectivity index (χ4n) is 2.77. The zero-order valence-electron chi connectivity index (χ0n) is 16.0. The lowest BCUT2D eigenvalue weighted by atomic mass is 9.98. The zero-order valence-corrected chi connectivity index (χ0v) is 16.8. The molecule has 146 valence electrons. The number of rotatable bonds is 7. The van der Waals surface area contributed by atoms with Crippen molar-refractivity contribution in [3.05, 3.63) is 65.0 Å². The van der Waals surface area contributed by atoms with Crippen molar-refractivity contribution in [2.24, 2.45) is 0 Å². The summed E-state index contributed by atoms with van der Waals surface area (Å²) < 4.78 is 38.3. The number of sulfonamides is 1. The average molecular weight is 392 g/mol. The minimum absolute atomic E-state index is 0.00264. The van der Waals surface area contributed by atoms with Gasteiger partial charge in [-0.3, -0.25) is 4.79 Å². The number of anilines is 1. The molecule has 0 fully saturated rings. The first-order valence-electron chi connectivity index (χ1n) is 8.67. The molecule has 0 spiro atoms. The molecule has 2 rings (SSSR count). The normalized spacial score (nSPS) is 11.8. The molecule has 0 aliphatic rings. The molecule has 0 saturated carbocycles. The Balaban J connectivity index is 2.19. The van der Waals surface area contributed by atoms with E-state index in [0.717, 1.165) is 21.7 Å². The molecule has 7 heteroatoms. The molecule has 2 aromatic rings. The van der Waals surface area contributed by atoms with E-state index in [1.165, 1.54) is 24.3 Å². The molecule has 0 atom stereocenters. The van der Waals surface area contributed by atoms with E-state index in [9.17, 15) is 17.6 Å². The van der Waals surface area contributed by atoms with Gasteiger partial charge in [0.2, 0.25) is 15.9 Å². The second-order valence-corrected chi connectivity index (χ2v) is 8.88. The number of nitrogens with zero attached hydrogens (tertiary/aromatic N) is 1. The fourth-order valence-corrected chi connectivity index (χ4v) is 3.50. The van der Waals surface area contributed by atoms with Crippen molar-refractivity contribution < 1.29 is 17.6 Å². The topological polar surface area (TPSA) is 66.5 Å².